The number of nitro groups is 1. The number of para-hydroxylation sites is 2. The van der Waals surface area contributed by atoms with Crippen molar-refractivity contribution in [2.45, 2.75) is 6.54 Å². The number of nitrogens with one attached hydrogen (secondary N) is 2. The van der Waals surface area contributed by atoms with Crippen molar-refractivity contribution in [2.75, 3.05) is 31.4 Å². The lowest BCUT2D eigenvalue weighted by Gasteiger charge is -2.18. The molecule has 8 nitrogen and oxygen atoms in total. The number of amides is 2. The summed E-state index contributed by atoms with van der Waals surface area (Å²) >= 11 is 0. The molecular formula is C17H20N4O4. The molecule has 2 rings (SSSR count). The fraction of sp³-hybridized carbons (Fsp3) is 0.235. The monoisotopic (exact) mass is 344 g/mol. The van der Waals surface area contributed by atoms with Crippen LogP contribution in [0, 0.1) is 10.1 Å². The van der Waals surface area contributed by atoms with E-state index < -0.39 is 11.0 Å². The van der Waals surface area contributed by atoms with E-state index in [0.29, 0.717) is 17.0 Å². The maximum atomic E-state index is 12.2. The van der Waals surface area contributed by atoms with Crippen LogP contribution >= 0.6 is 0 Å². The van der Waals surface area contributed by atoms with Crippen LogP contribution < -0.4 is 20.3 Å². The standard InChI is InChI=1S/C17H20N4O4/c1-20(2)15-7-5-4-6-14(15)19-17(22)18-11-12-10-13(21(23)24)8-9-16(12)25-3/h4-10H,11H2,1-3H3,(H2,18,19,22). The average molecular weight is 344 g/mol. The predicted octanol–water partition coefficient (Wildman–Crippen LogP) is 2.99. The molecule has 0 heterocycles. The number of carbonyl (C=O) groups excluding carboxylic acids is 1. The highest BCUT2D eigenvalue weighted by atomic mass is 16.6. The normalized spacial score (nSPS) is 10.0. The number of methoxy groups -OCH3 is 1. The summed E-state index contributed by atoms with van der Waals surface area (Å²) in [6.45, 7) is 0.0980. The van der Waals surface area contributed by atoms with Crippen LogP contribution in [-0.2, 0) is 6.54 Å². The van der Waals surface area contributed by atoms with Gasteiger partial charge in [-0.15, -0.1) is 0 Å². The van der Waals surface area contributed by atoms with Crippen LogP contribution in [0.4, 0.5) is 21.9 Å². The number of nitrogens with zero attached hydrogens (tertiary/aromatic N) is 2. The van der Waals surface area contributed by atoms with Crippen LogP contribution in [0.3, 0.4) is 0 Å². The number of rotatable bonds is 6. The lowest BCUT2D eigenvalue weighted by Crippen LogP contribution is -2.29. The summed E-state index contributed by atoms with van der Waals surface area (Å²) in [5.41, 5.74) is 1.99. The molecule has 0 aliphatic rings. The molecule has 0 fully saturated rings. The molecule has 0 atom stereocenters. The predicted molar refractivity (Wildman–Crippen MR) is 96.3 cm³/mol. The zero-order valence-electron chi connectivity index (χ0n) is 14.3. The summed E-state index contributed by atoms with van der Waals surface area (Å²) in [6.07, 6.45) is 0. The third-order valence-electron chi connectivity index (χ3n) is 3.55. The van der Waals surface area contributed by atoms with Crippen molar-refractivity contribution >= 4 is 23.1 Å². The maximum absolute atomic E-state index is 12.2. The zero-order valence-corrected chi connectivity index (χ0v) is 14.3. The molecule has 132 valence electrons. The first-order valence-corrected chi connectivity index (χ1v) is 7.55. The van der Waals surface area contributed by atoms with Gasteiger partial charge in [0, 0.05) is 38.3 Å². The summed E-state index contributed by atoms with van der Waals surface area (Å²) in [6, 6.07) is 11.2. The molecule has 0 saturated heterocycles. The number of carbonyl (C=O) groups is 1. The van der Waals surface area contributed by atoms with E-state index in [1.165, 1.54) is 25.3 Å². The van der Waals surface area contributed by atoms with Gasteiger partial charge in [-0.2, -0.15) is 0 Å². The van der Waals surface area contributed by atoms with Crippen molar-refractivity contribution in [2.24, 2.45) is 0 Å². The summed E-state index contributed by atoms with van der Waals surface area (Å²) in [5.74, 6) is 0.472. The highest BCUT2D eigenvalue weighted by Gasteiger charge is 2.13. The molecule has 2 aromatic rings. The van der Waals surface area contributed by atoms with Gasteiger partial charge < -0.3 is 20.3 Å². The first kappa shape index (κ1) is 18.1. The average Bonchev–Trinajstić information content (AvgIpc) is 2.59. The molecule has 0 bridgehead atoms. The lowest BCUT2D eigenvalue weighted by molar-refractivity contribution is -0.384. The molecule has 0 aliphatic carbocycles. The van der Waals surface area contributed by atoms with Gasteiger partial charge in [0.25, 0.3) is 5.69 Å². The fourth-order valence-electron chi connectivity index (χ4n) is 2.33. The van der Waals surface area contributed by atoms with Gasteiger partial charge in [-0.05, 0) is 18.2 Å². The Bertz CT molecular complexity index is 777. The van der Waals surface area contributed by atoms with E-state index in [0.717, 1.165) is 5.69 Å². The first-order chi connectivity index (χ1) is 11.9. The minimum atomic E-state index is -0.490. The van der Waals surface area contributed by atoms with Gasteiger partial charge >= 0.3 is 6.03 Å². The Hall–Kier alpha value is -3.29. The number of non-ortho nitro benzene ring substituents is 1. The van der Waals surface area contributed by atoms with Crippen LogP contribution in [0.25, 0.3) is 0 Å². The summed E-state index contributed by atoms with van der Waals surface area (Å²) in [4.78, 5) is 24.5. The van der Waals surface area contributed by atoms with Crippen LogP contribution in [0.2, 0.25) is 0 Å². The molecule has 0 radical (unpaired) electrons. The van der Waals surface area contributed by atoms with Gasteiger partial charge in [-0.1, -0.05) is 12.1 Å². The van der Waals surface area contributed by atoms with Gasteiger partial charge in [0.15, 0.2) is 0 Å². The van der Waals surface area contributed by atoms with Crippen LogP contribution in [0.5, 0.6) is 5.75 Å². The van der Waals surface area contributed by atoms with E-state index in [-0.39, 0.29) is 12.2 Å². The molecule has 0 spiro atoms. The number of hydrogen-bond donors (Lipinski definition) is 2. The van der Waals surface area contributed by atoms with Crippen molar-refractivity contribution < 1.29 is 14.5 Å². The number of ether oxygens (including phenoxy) is 1. The van der Waals surface area contributed by atoms with Crippen LogP contribution in [0.15, 0.2) is 42.5 Å². The number of anilines is 2. The van der Waals surface area contributed by atoms with Crippen molar-refractivity contribution in [3.63, 3.8) is 0 Å². The molecular weight excluding hydrogens is 324 g/mol. The molecule has 0 aromatic heterocycles. The Morgan fingerprint density at radius 1 is 1.24 bits per heavy atom. The van der Waals surface area contributed by atoms with Crippen molar-refractivity contribution in [3.8, 4) is 5.75 Å². The lowest BCUT2D eigenvalue weighted by atomic mass is 10.1. The molecule has 2 N–H and O–H groups in total. The first-order valence-electron chi connectivity index (χ1n) is 7.55. The molecule has 25 heavy (non-hydrogen) atoms. The summed E-state index contributed by atoms with van der Waals surface area (Å²) in [5, 5.41) is 16.3. The third-order valence-corrected chi connectivity index (χ3v) is 3.55. The van der Waals surface area contributed by atoms with Crippen molar-refractivity contribution in [3.05, 3.63) is 58.1 Å². The van der Waals surface area contributed by atoms with Crippen molar-refractivity contribution in [1.82, 2.24) is 5.32 Å². The SMILES string of the molecule is COc1ccc([N+](=O)[O-])cc1CNC(=O)Nc1ccccc1N(C)C. The fourth-order valence-corrected chi connectivity index (χ4v) is 2.33. The van der Waals surface area contributed by atoms with Gasteiger partial charge in [-0.25, -0.2) is 4.79 Å². The minimum absolute atomic E-state index is 0.0593. The number of nitro benzene ring substituents is 1. The van der Waals surface area contributed by atoms with E-state index in [4.69, 9.17) is 4.74 Å². The van der Waals surface area contributed by atoms with Gasteiger partial charge in [0.2, 0.25) is 0 Å². The van der Waals surface area contributed by atoms with E-state index in [1.54, 1.807) is 6.07 Å². The highest BCUT2D eigenvalue weighted by Crippen LogP contribution is 2.25. The maximum Gasteiger partial charge on any atom is 0.319 e. The van der Waals surface area contributed by atoms with E-state index in [2.05, 4.69) is 10.6 Å². The van der Waals surface area contributed by atoms with E-state index in [9.17, 15) is 14.9 Å². The highest BCUT2D eigenvalue weighted by molar-refractivity contribution is 5.93. The summed E-state index contributed by atoms with van der Waals surface area (Å²) in [7, 11) is 5.23. The Morgan fingerprint density at radius 2 is 1.96 bits per heavy atom. The Morgan fingerprint density at radius 3 is 2.60 bits per heavy atom. The largest absolute Gasteiger partial charge is 0.496 e. The van der Waals surface area contributed by atoms with Gasteiger partial charge in [-0.3, -0.25) is 10.1 Å². The second kappa shape index (κ2) is 8.00. The van der Waals surface area contributed by atoms with Gasteiger partial charge in [0.05, 0.1) is 23.4 Å². The topological polar surface area (TPSA) is 96.7 Å². The second-order valence-corrected chi connectivity index (χ2v) is 5.47. The number of urea groups is 1. The number of benzene rings is 2. The molecule has 2 aromatic carbocycles. The van der Waals surface area contributed by atoms with Crippen molar-refractivity contribution in [1.29, 1.82) is 0 Å². The molecule has 2 amide bonds. The van der Waals surface area contributed by atoms with Crippen LogP contribution in [0.1, 0.15) is 5.56 Å². The minimum Gasteiger partial charge on any atom is -0.496 e. The Kier molecular flexibility index (Phi) is 5.78. The van der Waals surface area contributed by atoms with E-state index in [1.807, 2.05) is 37.2 Å². The smallest absolute Gasteiger partial charge is 0.319 e. The molecule has 0 aliphatic heterocycles. The molecule has 0 unspecified atom stereocenters. The van der Waals surface area contributed by atoms with Gasteiger partial charge in [0.1, 0.15) is 5.75 Å². The third kappa shape index (κ3) is 4.60. The quantitative estimate of drug-likeness (QED) is 0.620. The zero-order chi connectivity index (χ0) is 18.4. The Labute approximate surface area is 145 Å². The molecule has 8 heteroatoms. The van der Waals surface area contributed by atoms with E-state index >= 15 is 0 Å². The Balaban J connectivity index is 2.08. The molecule has 0 saturated carbocycles. The summed E-state index contributed by atoms with van der Waals surface area (Å²) < 4.78 is 5.18. The van der Waals surface area contributed by atoms with Crippen LogP contribution in [-0.4, -0.2) is 32.2 Å². The number of hydrogen-bond acceptors (Lipinski definition) is 5. The second-order valence-electron chi connectivity index (χ2n) is 5.47.